The van der Waals surface area contributed by atoms with E-state index >= 15 is 0 Å². The molecule has 1 aliphatic rings. The predicted octanol–water partition coefficient (Wildman–Crippen LogP) is 0.572. The molecule has 1 aromatic carbocycles. The molecule has 2 rings (SSSR count). The number of hydrogen-bond acceptors (Lipinski definition) is 4. The van der Waals surface area contributed by atoms with Crippen LogP contribution in [0.5, 0.6) is 0 Å². The lowest BCUT2D eigenvalue weighted by Gasteiger charge is -2.15. The van der Waals surface area contributed by atoms with Crippen LogP contribution in [0.25, 0.3) is 0 Å². The van der Waals surface area contributed by atoms with Crippen molar-refractivity contribution in [3.05, 3.63) is 29.3 Å². The summed E-state index contributed by atoms with van der Waals surface area (Å²) in [6, 6.07) is 5.18. The quantitative estimate of drug-likeness (QED) is 0.797. The van der Waals surface area contributed by atoms with Gasteiger partial charge >= 0.3 is 0 Å². The first kappa shape index (κ1) is 14.5. The molecule has 6 heteroatoms. The van der Waals surface area contributed by atoms with E-state index in [1.165, 1.54) is 0 Å². The van der Waals surface area contributed by atoms with Crippen molar-refractivity contribution in [1.29, 1.82) is 0 Å². The van der Waals surface area contributed by atoms with E-state index in [0.29, 0.717) is 25.1 Å². The molecular weight excluding hydrogens is 260 g/mol. The van der Waals surface area contributed by atoms with Gasteiger partial charge in [-0.1, -0.05) is 0 Å². The number of anilines is 1. The summed E-state index contributed by atoms with van der Waals surface area (Å²) in [5.74, 6) is -0.234. The van der Waals surface area contributed by atoms with Crippen molar-refractivity contribution in [2.75, 3.05) is 32.7 Å². The summed E-state index contributed by atoms with van der Waals surface area (Å²) in [7, 11) is 3.15. The Bertz CT molecular complexity index is 516. The first-order chi connectivity index (χ1) is 9.63. The molecule has 1 aliphatic heterocycles. The molecule has 0 saturated heterocycles. The van der Waals surface area contributed by atoms with Crippen LogP contribution in [-0.2, 0) is 20.7 Å². The molecule has 1 aromatic rings. The second-order valence-corrected chi connectivity index (χ2v) is 4.62. The Morgan fingerprint density at radius 1 is 1.45 bits per heavy atom. The molecule has 1 atom stereocenters. The number of benzene rings is 1. The molecule has 0 radical (unpaired) electrons. The standard InChI is InChI=1S/C14H18N2O4/c1-19-8-11(20-2)7-15-14(18)9-3-4-12-10(5-9)6-13(17)16-12/h3-5,11H,6-8H2,1-2H3,(H,15,18)(H,16,17). The van der Waals surface area contributed by atoms with Gasteiger partial charge in [0.1, 0.15) is 0 Å². The number of nitrogens with one attached hydrogen (secondary N) is 2. The van der Waals surface area contributed by atoms with Crippen molar-refractivity contribution < 1.29 is 19.1 Å². The fourth-order valence-electron chi connectivity index (χ4n) is 2.08. The molecular formula is C14H18N2O4. The van der Waals surface area contributed by atoms with Gasteiger partial charge in [-0.2, -0.15) is 0 Å². The van der Waals surface area contributed by atoms with E-state index in [1.807, 2.05) is 0 Å². The smallest absolute Gasteiger partial charge is 0.251 e. The summed E-state index contributed by atoms with van der Waals surface area (Å²) in [6.45, 7) is 0.789. The van der Waals surface area contributed by atoms with Crippen molar-refractivity contribution in [3.8, 4) is 0 Å². The molecule has 0 aromatic heterocycles. The Morgan fingerprint density at radius 2 is 2.25 bits per heavy atom. The van der Waals surface area contributed by atoms with Gasteiger partial charge < -0.3 is 20.1 Å². The molecule has 0 fully saturated rings. The largest absolute Gasteiger partial charge is 0.382 e. The third-order valence-electron chi connectivity index (χ3n) is 3.17. The zero-order valence-electron chi connectivity index (χ0n) is 11.6. The number of methoxy groups -OCH3 is 2. The molecule has 1 heterocycles. The predicted molar refractivity (Wildman–Crippen MR) is 73.8 cm³/mol. The maximum absolute atomic E-state index is 12.0. The first-order valence-electron chi connectivity index (χ1n) is 6.36. The topological polar surface area (TPSA) is 76.7 Å². The van der Waals surface area contributed by atoms with Crippen molar-refractivity contribution in [2.24, 2.45) is 0 Å². The number of ether oxygens (including phenoxy) is 2. The van der Waals surface area contributed by atoms with Crippen LogP contribution in [0.2, 0.25) is 0 Å². The van der Waals surface area contributed by atoms with Gasteiger partial charge in [-0.05, 0) is 23.8 Å². The van der Waals surface area contributed by atoms with Gasteiger partial charge in [0.05, 0.1) is 19.1 Å². The van der Waals surface area contributed by atoms with Gasteiger partial charge in [0.25, 0.3) is 5.91 Å². The Labute approximate surface area is 117 Å². The van der Waals surface area contributed by atoms with E-state index < -0.39 is 0 Å². The summed E-state index contributed by atoms with van der Waals surface area (Å²) in [5, 5.41) is 5.52. The molecule has 20 heavy (non-hydrogen) atoms. The minimum Gasteiger partial charge on any atom is -0.382 e. The number of rotatable bonds is 6. The van der Waals surface area contributed by atoms with E-state index in [2.05, 4.69) is 10.6 Å². The van der Waals surface area contributed by atoms with E-state index in [4.69, 9.17) is 9.47 Å². The number of amides is 2. The molecule has 2 N–H and O–H groups in total. The number of hydrogen-bond donors (Lipinski definition) is 2. The van der Waals surface area contributed by atoms with E-state index in [9.17, 15) is 9.59 Å². The van der Waals surface area contributed by atoms with Crippen LogP contribution in [0, 0.1) is 0 Å². The van der Waals surface area contributed by atoms with Gasteiger partial charge in [0.15, 0.2) is 0 Å². The number of carbonyl (C=O) groups excluding carboxylic acids is 2. The lowest BCUT2D eigenvalue weighted by molar-refractivity contribution is -0.115. The Kier molecular flexibility index (Phi) is 4.70. The molecule has 0 spiro atoms. The number of carbonyl (C=O) groups is 2. The number of fused-ring (bicyclic) bond motifs is 1. The molecule has 1 unspecified atom stereocenters. The van der Waals surface area contributed by atoms with Crippen LogP contribution in [0.4, 0.5) is 5.69 Å². The molecule has 0 bridgehead atoms. The van der Waals surface area contributed by atoms with Crippen LogP contribution in [0.1, 0.15) is 15.9 Å². The Hall–Kier alpha value is -1.92. The molecule has 0 saturated carbocycles. The van der Waals surface area contributed by atoms with E-state index in [-0.39, 0.29) is 17.9 Å². The van der Waals surface area contributed by atoms with Crippen LogP contribution < -0.4 is 10.6 Å². The highest BCUT2D eigenvalue weighted by Gasteiger charge is 2.19. The van der Waals surface area contributed by atoms with Crippen LogP contribution in [0.3, 0.4) is 0 Å². The highest BCUT2D eigenvalue weighted by atomic mass is 16.5. The van der Waals surface area contributed by atoms with Gasteiger partial charge in [-0.15, -0.1) is 0 Å². The highest BCUT2D eigenvalue weighted by molar-refractivity contribution is 6.01. The zero-order valence-corrected chi connectivity index (χ0v) is 11.6. The molecule has 0 aliphatic carbocycles. The normalized spacial score (nSPS) is 14.6. The van der Waals surface area contributed by atoms with E-state index in [0.717, 1.165) is 11.3 Å². The van der Waals surface area contributed by atoms with Crippen LogP contribution in [-0.4, -0.2) is 45.3 Å². The van der Waals surface area contributed by atoms with Crippen LogP contribution in [0.15, 0.2) is 18.2 Å². The van der Waals surface area contributed by atoms with Crippen molar-refractivity contribution in [3.63, 3.8) is 0 Å². The SMILES string of the molecule is COCC(CNC(=O)c1ccc2c(c1)CC(=O)N2)OC. The maximum atomic E-state index is 12.0. The summed E-state index contributed by atoms with van der Waals surface area (Å²) in [6.07, 6.45) is 0.141. The van der Waals surface area contributed by atoms with Crippen molar-refractivity contribution >= 4 is 17.5 Å². The van der Waals surface area contributed by atoms with Crippen LogP contribution >= 0.6 is 0 Å². The fraction of sp³-hybridized carbons (Fsp3) is 0.429. The monoisotopic (exact) mass is 278 g/mol. The summed E-state index contributed by atoms with van der Waals surface area (Å²) in [4.78, 5) is 23.3. The molecule has 6 nitrogen and oxygen atoms in total. The lowest BCUT2D eigenvalue weighted by Crippen LogP contribution is -2.35. The first-order valence-corrected chi connectivity index (χ1v) is 6.36. The zero-order chi connectivity index (χ0) is 14.5. The van der Waals surface area contributed by atoms with Gasteiger partial charge in [0, 0.05) is 32.0 Å². The Morgan fingerprint density at radius 3 is 2.95 bits per heavy atom. The third kappa shape index (κ3) is 3.34. The third-order valence-corrected chi connectivity index (χ3v) is 3.17. The average molecular weight is 278 g/mol. The van der Waals surface area contributed by atoms with Gasteiger partial charge in [0.2, 0.25) is 5.91 Å². The second-order valence-electron chi connectivity index (χ2n) is 4.62. The maximum Gasteiger partial charge on any atom is 0.251 e. The molecule has 2 amide bonds. The summed E-state index contributed by atoms with van der Waals surface area (Å²) in [5.41, 5.74) is 2.16. The van der Waals surface area contributed by atoms with E-state index in [1.54, 1.807) is 32.4 Å². The van der Waals surface area contributed by atoms with Gasteiger partial charge in [-0.25, -0.2) is 0 Å². The highest BCUT2D eigenvalue weighted by Crippen LogP contribution is 2.23. The van der Waals surface area contributed by atoms with Crippen molar-refractivity contribution in [1.82, 2.24) is 5.32 Å². The average Bonchev–Trinajstić information content (AvgIpc) is 2.82. The minimum atomic E-state index is -0.190. The summed E-state index contributed by atoms with van der Waals surface area (Å²) >= 11 is 0. The lowest BCUT2D eigenvalue weighted by atomic mass is 10.1. The minimum absolute atomic E-state index is 0.0444. The summed E-state index contributed by atoms with van der Waals surface area (Å²) < 4.78 is 10.2. The molecule has 108 valence electrons. The fourth-order valence-corrected chi connectivity index (χ4v) is 2.08. The van der Waals surface area contributed by atoms with Crippen molar-refractivity contribution in [2.45, 2.75) is 12.5 Å². The Balaban J connectivity index is 1.96. The van der Waals surface area contributed by atoms with Gasteiger partial charge in [-0.3, -0.25) is 9.59 Å². The second kappa shape index (κ2) is 6.49.